The molecule has 2 N–H and O–H groups in total. The number of amides is 1. The van der Waals surface area contributed by atoms with Gasteiger partial charge in [-0.3, -0.25) is 4.79 Å². The fourth-order valence-corrected chi connectivity index (χ4v) is 2.70. The number of nitrogens with one attached hydrogen (secondary N) is 2. The second kappa shape index (κ2) is 7.94. The van der Waals surface area contributed by atoms with E-state index in [0.29, 0.717) is 18.7 Å². The first-order valence-corrected chi connectivity index (χ1v) is 8.92. The van der Waals surface area contributed by atoms with Gasteiger partial charge in [0, 0.05) is 5.56 Å². The maximum atomic E-state index is 12.0. The molecule has 0 bridgehead atoms. The Bertz CT molecular complexity index is 784. The van der Waals surface area contributed by atoms with Crippen molar-refractivity contribution in [1.29, 1.82) is 0 Å². The number of hydrogen-bond acceptors (Lipinski definition) is 4. The van der Waals surface area contributed by atoms with Gasteiger partial charge in [-0.2, -0.15) is 0 Å². The van der Waals surface area contributed by atoms with Crippen molar-refractivity contribution in [3.63, 3.8) is 0 Å². The molecule has 6 nitrogen and oxygen atoms in total. The fraction of sp³-hybridized carbons (Fsp3) is 0.235. The summed E-state index contributed by atoms with van der Waals surface area (Å²) in [6, 6.07) is 13.4. The van der Waals surface area contributed by atoms with Crippen LogP contribution in [0.15, 0.2) is 53.4 Å². The summed E-state index contributed by atoms with van der Waals surface area (Å²) in [4.78, 5) is 12.1. The molecule has 2 aromatic carbocycles. The van der Waals surface area contributed by atoms with Gasteiger partial charge < -0.3 is 10.1 Å². The van der Waals surface area contributed by atoms with E-state index in [9.17, 15) is 13.2 Å². The third-order valence-electron chi connectivity index (χ3n) is 3.37. The van der Waals surface area contributed by atoms with Gasteiger partial charge in [-0.25, -0.2) is 13.1 Å². The van der Waals surface area contributed by atoms with Gasteiger partial charge in [-0.1, -0.05) is 17.7 Å². The van der Waals surface area contributed by atoms with Crippen LogP contribution in [0, 0.1) is 6.92 Å². The zero-order valence-corrected chi connectivity index (χ0v) is 14.4. The number of aryl methyl sites for hydroxylation is 1. The summed E-state index contributed by atoms with van der Waals surface area (Å²) in [6.07, 6.45) is 0. The lowest BCUT2D eigenvalue weighted by molar-refractivity contribution is 0.0947. The Morgan fingerprint density at radius 1 is 1.04 bits per heavy atom. The van der Waals surface area contributed by atoms with Gasteiger partial charge in [-0.15, -0.1) is 0 Å². The topological polar surface area (TPSA) is 84.5 Å². The largest absolute Gasteiger partial charge is 0.492 e. The minimum absolute atomic E-state index is 0.115. The molecule has 1 amide bonds. The number of hydrogen-bond donors (Lipinski definition) is 2. The molecule has 0 heterocycles. The molecule has 128 valence electrons. The SMILES string of the molecule is CNS(=O)(=O)c1ccc(C(=O)NCCOc2ccc(C)cc2)cc1. The second-order valence-electron chi connectivity index (χ2n) is 5.15. The average Bonchev–Trinajstić information content (AvgIpc) is 2.60. The molecule has 0 radical (unpaired) electrons. The molecule has 0 saturated heterocycles. The molecular weight excluding hydrogens is 328 g/mol. The van der Waals surface area contributed by atoms with E-state index in [1.165, 1.54) is 31.3 Å². The molecule has 0 aliphatic heterocycles. The lowest BCUT2D eigenvalue weighted by Gasteiger charge is -2.08. The Hall–Kier alpha value is -2.38. The van der Waals surface area contributed by atoms with Crippen molar-refractivity contribution in [3.8, 4) is 5.75 Å². The number of benzene rings is 2. The van der Waals surface area contributed by atoms with Gasteiger partial charge in [0.05, 0.1) is 11.4 Å². The number of sulfonamides is 1. The first kappa shape index (κ1) is 18.0. The van der Waals surface area contributed by atoms with Gasteiger partial charge in [0.25, 0.3) is 5.91 Å². The Balaban J connectivity index is 1.83. The standard InChI is InChI=1S/C17H20N2O4S/c1-13-3-7-15(8-4-13)23-12-11-19-17(20)14-5-9-16(10-6-14)24(21,22)18-2/h3-10,18H,11-12H2,1-2H3,(H,19,20). The summed E-state index contributed by atoms with van der Waals surface area (Å²) in [5.74, 6) is 0.465. The highest BCUT2D eigenvalue weighted by Crippen LogP contribution is 2.11. The maximum absolute atomic E-state index is 12.0. The van der Waals surface area contributed by atoms with Crippen molar-refractivity contribution < 1.29 is 17.9 Å². The minimum atomic E-state index is -3.50. The molecule has 24 heavy (non-hydrogen) atoms. The van der Waals surface area contributed by atoms with E-state index in [4.69, 9.17) is 4.74 Å². The van der Waals surface area contributed by atoms with Crippen molar-refractivity contribution in [2.45, 2.75) is 11.8 Å². The van der Waals surface area contributed by atoms with Gasteiger partial charge >= 0.3 is 0 Å². The second-order valence-corrected chi connectivity index (χ2v) is 7.04. The Labute approximate surface area is 141 Å². The molecule has 2 aromatic rings. The quantitative estimate of drug-likeness (QED) is 0.746. The van der Waals surface area contributed by atoms with Crippen LogP contribution in [0.5, 0.6) is 5.75 Å². The van der Waals surface area contributed by atoms with E-state index in [-0.39, 0.29) is 10.8 Å². The van der Waals surface area contributed by atoms with Crippen LogP contribution >= 0.6 is 0 Å². The summed E-state index contributed by atoms with van der Waals surface area (Å²) in [6.45, 7) is 2.70. The van der Waals surface area contributed by atoms with Crippen LogP contribution in [-0.2, 0) is 10.0 Å². The van der Waals surface area contributed by atoms with Gasteiger partial charge in [-0.05, 0) is 50.4 Å². The van der Waals surface area contributed by atoms with E-state index >= 15 is 0 Å². The zero-order chi connectivity index (χ0) is 17.6. The van der Waals surface area contributed by atoms with Crippen molar-refractivity contribution >= 4 is 15.9 Å². The van der Waals surface area contributed by atoms with Crippen LogP contribution in [0.2, 0.25) is 0 Å². The first-order chi connectivity index (χ1) is 11.4. The Morgan fingerprint density at radius 3 is 2.25 bits per heavy atom. The molecule has 0 aliphatic rings. The molecule has 0 saturated carbocycles. The normalized spacial score (nSPS) is 11.1. The van der Waals surface area contributed by atoms with Crippen LogP contribution < -0.4 is 14.8 Å². The molecule has 0 unspecified atom stereocenters. The van der Waals surface area contributed by atoms with Crippen molar-refractivity contribution in [3.05, 3.63) is 59.7 Å². The van der Waals surface area contributed by atoms with Crippen molar-refractivity contribution in [2.75, 3.05) is 20.2 Å². The summed E-state index contributed by atoms with van der Waals surface area (Å²) in [7, 11) is -2.16. The molecule has 7 heteroatoms. The molecule has 0 fully saturated rings. The summed E-state index contributed by atoms with van der Waals surface area (Å²) >= 11 is 0. The molecular formula is C17H20N2O4S. The molecule has 0 spiro atoms. The smallest absolute Gasteiger partial charge is 0.251 e. The number of ether oxygens (including phenoxy) is 1. The van der Waals surface area contributed by atoms with Crippen LogP contribution in [-0.4, -0.2) is 34.5 Å². The minimum Gasteiger partial charge on any atom is -0.492 e. The summed E-state index contributed by atoms with van der Waals surface area (Å²) in [5.41, 5.74) is 1.54. The number of carbonyl (C=O) groups is 1. The van der Waals surface area contributed by atoms with E-state index in [0.717, 1.165) is 11.3 Å². The summed E-state index contributed by atoms with van der Waals surface area (Å²) < 4.78 is 31.0. The average molecular weight is 348 g/mol. The maximum Gasteiger partial charge on any atom is 0.251 e. The van der Waals surface area contributed by atoms with Crippen LogP contribution in [0.4, 0.5) is 0 Å². The van der Waals surface area contributed by atoms with Gasteiger partial charge in [0.2, 0.25) is 10.0 Å². The molecule has 2 rings (SSSR count). The lowest BCUT2D eigenvalue weighted by atomic mass is 10.2. The van der Waals surface area contributed by atoms with Crippen molar-refractivity contribution in [1.82, 2.24) is 10.0 Å². The fourth-order valence-electron chi connectivity index (χ4n) is 1.97. The first-order valence-electron chi connectivity index (χ1n) is 7.43. The monoisotopic (exact) mass is 348 g/mol. The highest BCUT2D eigenvalue weighted by Gasteiger charge is 2.12. The zero-order valence-electron chi connectivity index (χ0n) is 13.6. The summed E-state index contributed by atoms with van der Waals surface area (Å²) in [5, 5.41) is 2.72. The highest BCUT2D eigenvalue weighted by atomic mass is 32.2. The highest BCUT2D eigenvalue weighted by molar-refractivity contribution is 7.89. The van der Waals surface area contributed by atoms with E-state index in [1.807, 2.05) is 31.2 Å². The van der Waals surface area contributed by atoms with Crippen molar-refractivity contribution in [2.24, 2.45) is 0 Å². The Kier molecular flexibility index (Phi) is 5.94. The van der Waals surface area contributed by atoms with Gasteiger partial charge in [0.1, 0.15) is 12.4 Å². The van der Waals surface area contributed by atoms with E-state index in [2.05, 4.69) is 10.0 Å². The molecule has 0 aromatic heterocycles. The predicted octanol–water partition coefficient (Wildman–Crippen LogP) is 1.71. The molecule has 0 atom stereocenters. The lowest BCUT2D eigenvalue weighted by Crippen LogP contribution is -2.28. The van der Waals surface area contributed by atoms with Gasteiger partial charge in [0.15, 0.2) is 0 Å². The van der Waals surface area contributed by atoms with Crippen LogP contribution in [0.1, 0.15) is 15.9 Å². The third kappa shape index (κ3) is 4.81. The van der Waals surface area contributed by atoms with Crippen LogP contribution in [0.25, 0.3) is 0 Å². The molecule has 0 aliphatic carbocycles. The van der Waals surface area contributed by atoms with Crippen LogP contribution in [0.3, 0.4) is 0 Å². The number of carbonyl (C=O) groups excluding carboxylic acids is 1. The Morgan fingerprint density at radius 2 is 1.67 bits per heavy atom. The predicted molar refractivity (Wildman–Crippen MR) is 91.7 cm³/mol. The van der Waals surface area contributed by atoms with E-state index < -0.39 is 10.0 Å². The number of rotatable bonds is 7. The van der Waals surface area contributed by atoms with E-state index in [1.54, 1.807) is 0 Å². The third-order valence-corrected chi connectivity index (χ3v) is 4.80.